The number of carboxylic acids is 1. The topological polar surface area (TPSA) is 99.5 Å². The van der Waals surface area contributed by atoms with E-state index in [4.69, 9.17) is 5.11 Å². The molecule has 0 aromatic carbocycles. The lowest BCUT2D eigenvalue weighted by Gasteiger charge is -2.16. The molecule has 0 aliphatic carbocycles. The van der Waals surface area contributed by atoms with Gasteiger partial charge in [0, 0.05) is 12.4 Å². The van der Waals surface area contributed by atoms with Crippen LogP contribution < -0.4 is 5.32 Å². The molecule has 0 aliphatic heterocycles. The molecule has 1 rings (SSSR count). The third-order valence-corrected chi connectivity index (χ3v) is 2.15. The van der Waals surface area contributed by atoms with Gasteiger partial charge in [0.2, 0.25) is 5.91 Å². The molecule has 6 heteroatoms. The number of aliphatic carboxylic acids is 1. The van der Waals surface area contributed by atoms with E-state index in [9.17, 15) is 14.7 Å². The summed E-state index contributed by atoms with van der Waals surface area (Å²) < 4.78 is 0. The summed E-state index contributed by atoms with van der Waals surface area (Å²) in [7, 11) is 0. The van der Waals surface area contributed by atoms with Crippen LogP contribution in [0.4, 0.5) is 0 Å². The SMILES string of the molecule is CC(O)C(NC(=O)Cc1cccnc1)C(=O)O. The second kappa shape index (κ2) is 5.95. The van der Waals surface area contributed by atoms with Crippen LogP contribution >= 0.6 is 0 Å². The van der Waals surface area contributed by atoms with Gasteiger partial charge in [-0.25, -0.2) is 4.79 Å². The van der Waals surface area contributed by atoms with Gasteiger partial charge in [0.05, 0.1) is 12.5 Å². The predicted octanol–water partition coefficient (Wildman–Crippen LogP) is -0.426. The molecule has 2 atom stereocenters. The minimum atomic E-state index is -1.29. The van der Waals surface area contributed by atoms with Gasteiger partial charge in [-0.15, -0.1) is 0 Å². The van der Waals surface area contributed by atoms with E-state index in [0.717, 1.165) is 0 Å². The van der Waals surface area contributed by atoms with Gasteiger partial charge in [0.15, 0.2) is 6.04 Å². The Morgan fingerprint density at radius 2 is 2.24 bits per heavy atom. The molecule has 2 unspecified atom stereocenters. The zero-order chi connectivity index (χ0) is 12.8. The summed E-state index contributed by atoms with van der Waals surface area (Å²) in [5.41, 5.74) is 0.680. The summed E-state index contributed by atoms with van der Waals surface area (Å²) in [5.74, 6) is -1.73. The first-order chi connectivity index (χ1) is 8.00. The standard InChI is InChI=1S/C11H14N2O4/c1-7(14)10(11(16)17)13-9(15)5-8-3-2-4-12-6-8/h2-4,6-7,10,14H,5H2,1H3,(H,13,15)(H,16,17). The average Bonchev–Trinajstić information content (AvgIpc) is 2.26. The second-order valence-electron chi connectivity index (χ2n) is 3.66. The zero-order valence-electron chi connectivity index (χ0n) is 9.33. The van der Waals surface area contributed by atoms with Crippen molar-refractivity contribution < 1.29 is 19.8 Å². The minimum absolute atomic E-state index is 0.0321. The minimum Gasteiger partial charge on any atom is -0.480 e. The Balaban J connectivity index is 2.57. The number of aromatic nitrogens is 1. The lowest BCUT2D eigenvalue weighted by atomic mass is 10.1. The van der Waals surface area contributed by atoms with Crippen molar-refractivity contribution in [1.82, 2.24) is 10.3 Å². The Morgan fingerprint density at radius 1 is 1.53 bits per heavy atom. The van der Waals surface area contributed by atoms with Gasteiger partial charge < -0.3 is 15.5 Å². The molecule has 0 fully saturated rings. The average molecular weight is 238 g/mol. The Kier molecular flexibility index (Phi) is 4.59. The molecule has 3 N–H and O–H groups in total. The van der Waals surface area contributed by atoms with Crippen LogP contribution in [-0.2, 0) is 16.0 Å². The van der Waals surface area contributed by atoms with Gasteiger partial charge in [0.25, 0.3) is 0 Å². The van der Waals surface area contributed by atoms with E-state index in [1.54, 1.807) is 18.3 Å². The number of amides is 1. The van der Waals surface area contributed by atoms with Crippen molar-refractivity contribution in [1.29, 1.82) is 0 Å². The Hall–Kier alpha value is -1.95. The van der Waals surface area contributed by atoms with Crippen LogP contribution in [0, 0.1) is 0 Å². The molecular weight excluding hydrogens is 224 g/mol. The summed E-state index contributed by atoms with van der Waals surface area (Å²) in [4.78, 5) is 26.1. The number of carbonyl (C=O) groups is 2. The van der Waals surface area contributed by atoms with Crippen LogP contribution in [-0.4, -0.2) is 39.2 Å². The van der Waals surface area contributed by atoms with Crippen molar-refractivity contribution in [3.63, 3.8) is 0 Å². The van der Waals surface area contributed by atoms with Gasteiger partial charge in [-0.1, -0.05) is 6.07 Å². The summed E-state index contributed by atoms with van der Waals surface area (Å²) >= 11 is 0. The summed E-state index contributed by atoms with van der Waals surface area (Å²) in [6.45, 7) is 1.31. The molecule has 0 aliphatic rings. The highest BCUT2D eigenvalue weighted by Crippen LogP contribution is 1.99. The molecule has 0 bridgehead atoms. The molecule has 1 amide bonds. The van der Waals surface area contributed by atoms with E-state index in [-0.39, 0.29) is 6.42 Å². The molecule has 92 valence electrons. The Bertz CT molecular complexity index is 392. The van der Waals surface area contributed by atoms with Gasteiger partial charge in [-0.05, 0) is 18.6 Å². The van der Waals surface area contributed by atoms with Crippen molar-refractivity contribution in [3.05, 3.63) is 30.1 Å². The molecule has 1 heterocycles. The van der Waals surface area contributed by atoms with E-state index in [1.807, 2.05) is 0 Å². The highest BCUT2D eigenvalue weighted by atomic mass is 16.4. The smallest absolute Gasteiger partial charge is 0.328 e. The molecule has 0 saturated carbocycles. The normalized spacial score (nSPS) is 13.8. The largest absolute Gasteiger partial charge is 0.480 e. The maximum atomic E-state index is 11.5. The Morgan fingerprint density at radius 3 is 2.71 bits per heavy atom. The third kappa shape index (κ3) is 4.20. The fourth-order valence-electron chi connectivity index (χ4n) is 1.30. The van der Waals surface area contributed by atoms with Gasteiger partial charge in [-0.2, -0.15) is 0 Å². The second-order valence-corrected chi connectivity index (χ2v) is 3.66. The van der Waals surface area contributed by atoms with Gasteiger partial charge >= 0.3 is 5.97 Å². The first-order valence-corrected chi connectivity index (χ1v) is 5.10. The van der Waals surface area contributed by atoms with Gasteiger partial charge in [0.1, 0.15) is 0 Å². The van der Waals surface area contributed by atoms with Crippen LogP contribution in [0.15, 0.2) is 24.5 Å². The monoisotopic (exact) mass is 238 g/mol. The highest BCUT2D eigenvalue weighted by molar-refractivity contribution is 5.85. The number of aliphatic hydroxyl groups excluding tert-OH is 1. The molecule has 1 aromatic rings. The fraction of sp³-hybridized carbons (Fsp3) is 0.364. The number of hydrogen-bond acceptors (Lipinski definition) is 4. The number of aliphatic hydroxyl groups is 1. The van der Waals surface area contributed by atoms with E-state index in [0.29, 0.717) is 5.56 Å². The Labute approximate surface area is 98.3 Å². The van der Waals surface area contributed by atoms with E-state index < -0.39 is 24.0 Å². The maximum absolute atomic E-state index is 11.5. The molecule has 0 saturated heterocycles. The molecule has 0 radical (unpaired) electrons. The molecule has 1 aromatic heterocycles. The van der Waals surface area contributed by atoms with E-state index >= 15 is 0 Å². The summed E-state index contributed by atoms with van der Waals surface area (Å²) in [6, 6.07) is 2.11. The molecule has 0 spiro atoms. The van der Waals surface area contributed by atoms with E-state index in [2.05, 4.69) is 10.3 Å². The van der Waals surface area contributed by atoms with Crippen molar-refractivity contribution in [3.8, 4) is 0 Å². The maximum Gasteiger partial charge on any atom is 0.328 e. The van der Waals surface area contributed by atoms with Crippen LogP contribution in [0.3, 0.4) is 0 Å². The lowest BCUT2D eigenvalue weighted by molar-refractivity contribution is -0.144. The number of carbonyl (C=O) groups excluding carboxylic acids is 1. The van der Waals surface area contributed by atoms with Gasteiger partial charge in [-0.3, -0.25) is 9.78 Å². The number of carboxylic acid groups (broad SMARTS) is 1. The number of nitrogens with zero attached hydrogens (tertiary/aromatic N) is 1. The number of hydrogen-bond donors (Lipinski definition) is 3. The molecule has 6 nitrogen and oxygen atoms in total. The van der Waals surface area contributed by atoms with Crippen LogP contribution in [0.2, 0.25) is 0 Å². The quantitative estimate of drug-likeness (QED) is 0.646. The van der Waals surface area contributed by atoms with Crippen LogP contribution in [0.25, 0.3) is 0 Å². The summed E-state index contributed by atoms with van der Waals surface area (Å²) in [5, 5.41) is 20.2. The van der Waals surface area contributed by atoms with E-state index in [1.165, 1.54) is 13.1 Å². The van der Waals surface area contributed by atoms with Crippen molar-refractivity contribution in [2.75, 3.05) is 0 Å². The first kappa shape index (κ1) is 13.1. The highest BCUT2D eigenvalue weighted by Gasteiger charge is 2.24. The predicted molar refractivity (Wildman–Crippen MR) is 59.2 cm³/mol. The lowest BCUT2D eigenvalue weighted by Crippen LogP contribution is -2.48. The summed E-state index contributed by atoms with van der Waals surface area (Å²) in [6.07, 6.45) is 1.99. The van der Waals surface area contributed by atoms with Crippen molar-refractivity contribution >= 4 is 11.9 Å². The van der Waals surface area contributed by atoms with Crippen molar-refractivity contribution in [2.24, 2.45) is 0 Å². The first-order valence-electron chi connectivity index (χ1n) is 5.10. The third-order valence-electron chi connectivity index (χ3n) is 2.15. The fourth-order valence-corrected chi connectivity index (χ4v) is 1.30. The number of nitrogens with one attached hydrogen (secondary N) is 1. The number of rotatable bonds is 5. The van der Waals surface area contributed by atoms with Crippen LogP contribution in [0.1, 0.15) is 12.5 Å². The number of pyridine rings is 1. The van der Waals surface area contributed by atoms with Crippen molar-refractivity contribution in [2.45, 2.75) is 25.5 Å². The zero-order valence-corrected chi connectivity index (χ0v) is 9.33. The molecule has 17 heavy (non-hydrogen) atoms. The van der Waals surface area contributed by atoms with Crippen LogP contribution in [0.5, 0.6) is 0 Å². The molecular formula is C11H14N2O4.